The van der Waals surface area contributed by atoms with E-state index in [9.17, 15) is 0 Å². The molecule has 0 spiro atoms. The Morgan fingerprint density at radius 3 is 3.07 bits per heavy atom. The third-order valence-corrected chi connectivity index (χ3v) is 2.75. The number of hydrogen-bond donors (Lipinski definition) is 1. The number of hydrogen-bond acceptors (Lipinski definition) is 4. The average molecular weight is 222 g/mol. The van der Waals surface area contributed by atoms with Gasteiger partial charge in [0.15, 0.2) is 0 Å². The lowest BCUT2D eigenvalue weighted by atomic mass is 10.3. The molecule has 0 saturated carbocycles. The lowest BCUT2D eigenvalue weighted by molar-refractivity contribution is 0.651. The summed E-state index contributed by atoms with van der Waals surface area (Å²) < 4.78 is 1.82. The van der Waals surface area contributed by atoms with Gasteiger partial charge in [0.25, 0.3) is 0 Å². The van der Waals surface area contributed by atoms with Crippen molar-refractivity contribution in [2.75, 3.05) is 6.54 Å². The van der Waals surface area contributed by atoms with E-state index in [0.29, 0.717) is 0 Å². The molecule has 0 fully saturated rings. The van der Waals surface area contributed by atoms with Gasteiger partial charge in [-0.1, -0.05) is 0 Å². The number of aromatic nitrogens is 3. The summed E-state index contributed by atoms with van der Waals surface area (Å²) in [5.41, 5.74) is 4.11. The molecule has 0 aliphatic heterocycles. The molecular formula is C10H14N4S. The predicted molar refractivity (Wildman–Crippen MR) is 60.7 cm³/mol. The van der Waals surface area contributed by atoms with E-state index in [1.54, 1.807) is 11.3 Å². The first-order valence-electron chi connectivity index (χ1n) is 4.91. The average Bonchev–Trinajstić information content (AvgIpc) is 2.84. The topological polar surface area (TPSA) is 42.7 Å². The molecule has 2 aromatic heterocycles. The van der Waals surface area contributed by atoms with E-state index in [2.05, 4.69) is 20.8 Å². The SMILES string of the molecule is Cn1ccc(CNCCc2cscn2)n1. The minimum absolute atomic E-state index is 0.824. The van der Waals surface area contributed by atoms with E-state index in [4.69, 9.17) is 0 Å². The molecule has 80 valence electrons. The molecule has 2 aromatic rings. The molecule has 0 saturated heterocycles. The van der Waals surface area contributed by atoms with Gasteiger partial charge in [-0.3, -0.25) is 4.68 Å². The minimum Gasteiger partial charge on any atom is -0.311 e. The van der Waals surface area contributed by atoms with Crippen molar-refractivity contribution < 1.29 is 0 Å². The maximum Gasteiger partial charge on any atom is 0.0794 e. The van der Waals surface area contributed by atoms with Crippen LogP contribution in [0.15, 0.2) is 23.2 Å². The quantitative estimate of drug-likeness (QED) is 0.773. The third kappa shape index (κ3) is 3.14. The first kappa shape index (κ1) is 10.3. The summed E-state index contributed by atoms with van der Waals surface area (Å²) in [7, 11) is 1.93. The summed E-state index contributed by atoms with van der Waals surface area (Å²) in [5, 5.41) is 9.71. The van der Waals surface area contributed by atoms with E-state index in [1.807, 2.05) is 29.5 Å². The molecule has 0 aliphatic rings. The van der Waals surface area contributed by atoms with Gasteiger partial charge in [0.05, 0.1) is 16.9 Å². The van der Waals surface area contributed by atoms with Crippen molar-refractivity contribution in [2.45, 2.75) is 13.0 Å². The lowest BCUT2D eigenvalue weighted by Gasteiger charge is -2.00. The molecule has 4 nitrogen and oxygen atoms in total. The number of nitrogens with zero attached hydrogens (tertiary/aromatic N) is 3. The Morgan fingerprint density at radius 2 is 2.40 bits per heavy atom. The minimum atomic E-state index is 0.824. The van der Waals surface area contributed by atoms with Gasteiger partial charge in [-0.2, -0.15) is 5.10 Å². The molecule has 2 heterocycles. The molecule has 15 heavy (non-hydrogen) atoms. The Kier molecular flexibility index (Phi) is 3.47. The molecule has 0 aliphatic carbocycles. The molecule has 5 heteroatoms. The van der Waals surface area contributed by atoms with E-state index in [0.717, 1.165) is 30.9 Å². The molecule has 0 unspecified atom stereocenters. The second-order valence-electron chi connectivity index (χ2n) is 3.39. The molecule has 0 bridgehead atoms. The normalized spacial score (nSPS) is 10.7. The van der Waals surface area contributed by atoms with Crippen LogP contribution in [0.4, 0.5) is 0 Å². The molecule has 0 atom stereocenters. The van der Waals surface area contributed by atoms with Crippen molar-refractivity contribution in [3.05, 3.63) is 34.5 Å². The monoisotopic (exact) mass is 222 g/mol. The Balaban J connectivity index is 1.67. The van der Waals surface area contributed by atoms with E-state index in [-0.39, 0.29) is 0 Å². The Hall–Kier alpha value is -1.20. The van der Waals surface area contributed by atoms with Crippen LogP contribution in [0, 0.1) is 0 Å². The van der Waals surface area contributed by atoms with Gasteiger partial charge >= 0.3 is 0 Å². The Labute approximate surface area is 93.0 Å². The molecular weight excluding hydrogens is 208 g/mol. The number of rotatable bonds is 5. The van der Waals surface area contributed by atoms with Crippen LogP contribution in [0.3, 0.4) is 0 Å². The summed E-state index contributed by atoms with van der Waals surface area (Å²) in [6.45, 7) is 1.77. The summed E-state index contributed by atoms with van der Waals surface area (Å²) in [6.07, 6.45) is 2.94. The molecule has 0 radical (unpaired) electrons. The standard InChI is InChI=1S/C10H14N4S/c1-14-5-3-9(13-14)6-11-4-2-10-7-15-8-12-10/h3,5,7-8,11H,2,4,6H2,1H3. The second-order valence-corrected chi connectivity index (χ2v) is 4.11. The van der Waals surface area contributed by atoms with Crippen molar-refractivity contribution in [1.82, 2.24) is 20.1 Å². The van der Waals surface area contributed by atoms with Crippen LogP contribution in [0.25, 0.3) is 0 Å². The highest BCUT2D eigenvalue weighted by Crippen LogP contribution is 2.00. The van der Waals surface area contributed by atoms with Crippen molar-refractivity contribution in [3.8, 4) is 0 Å². The zero-order chi connectivity index (χ0) is 10.5. The molecule has 0 aromatic carbocycles. The van der Waals surface area contributed by atoms with Gasteiger partial charge in [-0.05, 0) is 6.07 Å². The maximum atomic E-state index is 4.29. The molecule has 2 rings (SSSR count). The number of aryl methyl sites for hydroxylation is 1. The van der Waals surface area contributed by atoms with Crippen LogP contribution >= 0.6 is 11.3 Å². The smallest absolute Gasteiger partial charge is 0.0794 e. The van der Waals surface area contributed by atoms with Gasteiger partial charge in [0, 0.05) is 38.1 Å². The largest absolute Gasteiger partial charge is 0.311 e. The fourth-order valence-corrected chi connectivity index (χ4v) is 1.94. The maximum absolute atomic E-state index is 4.29. The van der Waals surface area contributed by atoms with Crippen LogP contribution in [0.1, 0.15) is 11.4 Å². The first-order valence-corrected chi connectivity index (χ1v) is 5.85. The summed E-state index contributed by atoms with van der Waals surface area (Å²) in [4.78, 5) is 4.22. The zero-order valence-corrected chi connectivity index (χ0v) is 9.50. The highest BCUT2D eigenvalue weighted by molar-refractivity contribution is 7.07. The van der Waals surface area contributed by atoms with Crippen molar-refractivity contribution in [1.29, 1.82) is 0 Å². The van der Waals surface area contributed by atoms with Crippen LogP contribution in [-0.2, 0) is 20.0 Å². The number of thiazole rings is 1. The number of nitrogens with one attached hydrogen (secondary N) is 1. The fraction of sp³-hybridized carbons (Fsp3) is 0.400. The summed E-state index contributed by atoms with van der Waals surface area (Å²) >= 11 is 1.64. The van der Waals surface area contributed by atoms with Crippen LogP contribution in [-0.4, -0.2) is 21.3 Å². The van der Waals surface area contributed by atoms with Gasteiger partial charge in [-0.15, -0.1) is 11.3 Å². The highest BCUT2D eigenvalue weighted by Gasteiger charge is 1.97. The fourth-order valence-electron chi connectivity index (χ4n) is 1.35. The van der Waals surface area contributed by atoms with Crippen LogP contribution in [0.5, 0.6) is 0 Å². The van der Waals surface area contributed by atoms with E-state index in [1.165, 1.54) is 0 Å². The van der Waals surface area contributed by atoms with Gasteiger partial charge < -0.3 is 5.32 Å². The summed E-state index contributed by atoms with van der Waals surface area (Å²) in [5.74, 6) is 0. The van der Waals surface area contributed by atoms with Crippen LogP contribution < -0.4 is 5.32 Å². The zero-order valence-electron chi connectivity index (χ0n) is 8.68. The highest BCUT2D eigenvalue weighted by atomic mass is 32.1. The first-order chi connectivity index (χ1) is 7.34. The lowest BCUT2D eigenvalue weighted by Crippen LogP contribution is -2.17. The van der Waals surface area contributed by atoms with Crippen molar-refractivity contribution in [2.24, 2.45) is 7.05 Å². The van der Waals surface area contributed by atoms with Crippen molar-refractivity contribution >= 4 is 11.3 Å². The van der Waals surface area contributed by atoms with Crippen LogP contribution in [0.2, 0.25) is 0 Å². The second kappa shape index (κ2) is 5.04. The third-order valence-electron chi connectivity index (χ3n) is 2.12. The van der Waals surface area contributed by atoms with Gasteiger partial charge in [0.1, 0.15) is 0 Å². The van der Waals surface area contributed by atoms with E-state index >= 15 is 0 Å². The van der Waals surface area contributed by atoms with E-state index < -0.39 is 0 Å². The molecule has 0 amide bonds. The summed E-state index contributed by atoms with van der Waals surface area (Å²) in [6, 6.07) is 2.02. The predicted octanol–water partition coefficient (Wildman–Crippen LogP) is 1.21. The molecule has 1 N–H and O–H groups in total. The van der Waals surface area contributed by atoms with Gasteiger partial charge in [0.2, 0.25) is 0 Å². The Bertz CT molecular complexity index is 393. The van der Waals surface area contributed by atoms with Crippen molar-refractivity contribution in [3.63, 3.8) is 0 Å². The Morgan fingerprint density at radius 1 is 1.47 bits per heavy atom. The van der Waals surface area contributed by atoms with Gasteiger partial charge in [-0.25, -0.2) is 4.98 Å².